The lowest BCUT2D eigenvalue weighted by Crippen LogP contribution is -2.51. The van der Waals surface area contributed by atoms with Gasteiger partial charge in [-0.05, 0) is 44.7 Å². The molecule has 0 bridgehead atoms. The van der Waals surface area contributed by atoms with Crippen LogP contribution in [0.3, 0.4) is 0 Å². The van der Waals surface area contributed by atoms with Crippen LogP contribution in [0.25, 0.3) is 0 Å². The van der Waals surface area contributed by atoms with Gasteiger partial charge in [-0.3, -0.25) is 14.6 Å². The first-order valence-corrected chi connectivity index (χ1v) is 11.4. The van der Waals surface area contributed by atoms with Crippen LogP contribution in [0.4, 0.5) is 5.69 Å². The fourth-order valence-electron chi connectivity index (χ4n) is 3.68. The largest absolute Gasteiger partial charge is 0.391 e. The lowest BCUT2D eigenvalue weighted by atomic mass is 9.89. The molecule has 2 aliphatic carbocycles. The summed E-state index contributed by atoms with van der Waals surface area (Å²) in [4.78, 5) is 30.0. The van der Waals surface area contributed by atoms with Crippen molar-refractivity contribution in [1.29, 1.82) is 0 Å². The second-order valence-corrected chi connectivity index (χ2v) is 8.53. The lowest BCUT2D eigenvalue weighted by Gasteiger charge is -2.34. The molecule has 182 valence electrons. The molecule has 1 aromatic heterocycles. The van der Waals surface area contributed by atoms with E-state index in [2.05, 4.69) is 32.8 Å². The second kappa shape index (κ2) is 10.2. The topological polar surface area (TPSA) is 133 Å². The van der Waals surface area contributed by atoms with Crippen molar-refractivity contribution in [3.63, 3.8) is 0 Å². The molecule has 4 N–H and O–H groups in total. The number of hydrogen-bond acceptors (Lipinski definition) is 8. The number of ether oxygens (including phenoxy) is 1. The summed E-state index contributed by atoms with van der Waals surface area (Å²) in [7, 11) is 1.60. The summed E-state index contributed by atoms with van der Waals surface area (Å²) in [5, 5.41) is 24.3. The number of pyridine rings is 1. The van der Waals surface area contributed by atoms with Crippen LogP contribution in [0.2, 0.25) is 0 Å². The SMILES string of the molecule is C=NN1C(=NC)C=C(Nc2cccn(CCOC3CC3)c2=O)N/C1=C(/C)C(=O)N[C@@H]1CCC1O. The molecule has 3 aliphatic rings. The van der Waals surface area contributed by atoms with E-state index >= 15 is 0 Å². The first-order valence-electron chi connectivity index (χ1n) is 11.4. The van der Waals surface area contributed by atoms with Gasteiger partial charge in [0.15, 0.2) is 5.84 Å². The van der Waals surface area contributed by atoms with Crippen molar-refractivity contribution in [3.05, 3.63) is 52.0 Å². The number of amides is 1. The van der Waals surface area contributed by atoms with Gasteiger partial charge in [-0.25, -0.2) is 0 Å². The molecule has 34 heavy (non-hydrogen) atoms. The standard InChI is InChI=1S/C23H31N7O4/c1-14(22(32)27-16-8-9-18(16)31)21-28-19(13-20(24-2)30(21)25-3)26-17-5-4-10-29(23(17)33)11-12-34-15-6-7-15/h4-5,10,13,15-16,18,26,28,31H,3,6-9,11-12H2,1-2H3,(H,27,32)/b21-14+,24-20?/t16-,18?/m1/s1. The average molecular weight is 470 g/mol. The van der Waals surface area contributed by atoms with Gasteiger partial charge < -0.3 is 30.4 Å². The third-order valence-electron chi connectivity index (χ3n) is 6.08. The number of hydrogen-bond donors (Lipinski definition) is 4. The first kappa shape index (κ1) is 23.7. The van der Waals surface area contributed by atoms with Gasteiger partial charge >= 0.3 is 0 Å². The molecule has 11 heteroatoms. The van der Waals surface area contributed by atoms with E-state index in [0.717, 1.165) is 19.3 Å². The molecule has 1 amide bonds. The quantitative estimate of drug-likeness (QED) is 0.309. The van der Waals surface area contributed by atoms with Crippen molar-refractivity contribution in [1.82, 2.24) is 20.2 Å². The Kier molecular flexibility index (Phi) is 7.13. The molecule has 1 aliphatic heterocycles. The normalized spacial score (nSPS) is 24.6. The Morgan fingerprint density at radius 1 is 1.35 bits per heavy atom. The van der Waals surface area contributed by atoms with E-state index in [1.54, 1.807) is 42.9 Å². The highest BCUT2D eigenvalue weighted by atomic mass is 16.5. The van der Waals surface area contributed by atoms with Gasteiger partial charge in [0.25, 0.3) is 11.5 Å². The summed E-state index contributed by atoms with van der Waals surface area (Å²) in [6.07, 6.45) is 6.77. The first-order chi connectivity index (χ1) is 16.4. The molecule has 2 heterocycles. The van der Waals surface area contributed by atoms with Crippen molar-refractivity contribution in [2.45, 2.75) is 57.4 Å². The zero-order chi connectivity index (χ0) is 24.2. The van der Waals surface area contributed by atoms with Crippen LogP contribution in [0.5, 0.6) is 0 Å². The predicted molar refractivity (Wildman–Crippen MR) is 129 cm³/mol. The van der Waals surface area contributed by atoms with E-state index in [-0.39, 0.29) is 17.5 Å². The minimum atomic E-state index is -0.533. The Morgan fingerprint density at radius 3 is 2.76 bits per heavy atom. The van der Waals surface area contributed by atoms with Gasteiger partial charge in [-0.15, -0.1) is 0 Å². The number of aliphatic hydroxyl groups is 1. The van der Waals surface area contributed by atoms with E-state index in [1.165, 1.54) is 5.01 Å². The number of nitrogens with one attached hydrogen (secondary N) is 3. The average Bonchev–Trinajstić information content (AvgIpc) is 3.67. The summed E-state index contributed by atoms with van der Waals surface area (Å²) in [5.41, 5.74) is 0.507. The molecule has 2 atom stereocenters. The molecule has 2 saturated carbocycles. The van der Waals surface area contributed by atoms with Crippen LogP contribution in [-0.4, -0.2) is 65.0 Å². The summed E-state index contributed by atoms with van der Waals surface area (Å²) in [6, 6.07) is 3.21. The van der Waals surface area contributed by atoms with Crippen LogP contribution >= 0.6 is 0 Å². The van der Waals surface area contributed by atoms with Crippen molar-refractivity contribution >= 4 is 24.1 Å². The van der Waals surface area contributed by atoms with Gasteiger partial charge in [0, 0.05) is 32.6 Å². The van der Waals surface area contributed by atoms with Gasteiger partial charge in [0.05, 0.1) is 30.4 Å². The molecule has 0 aromatic carbocycles. The van der Waals surface area contributed by atoms with Crippen molar-refractivity contribution in [3.8, 4) is 0 Å². The molecule has 0 saturated heterocycles. The molecule has 11 nitrogen and oxygen atoms in total. The van der Waals surface area contributed by atoms with E-state index in [9.17, 15) is 14.7 Å². The van der Waals surface area contributed by atoms with Gasteiger partial charge in [-0.2, -0.15) is 10.1 Å². The zero-order valence-corrected chi connectivity index (χ0v) is 19.5. The van der Waals surface area contributed by atoms with Crippen LogP contribution in [0, 0.1) is 0 Å². The molecular weight excluding hydrogens is 438 g/mol. The number of anilines is 1. The van der Waals surface area contributed by atoms with E-state index in [4.69, 9.17) is 4.74 Å². The van der Waals surface area contributed by atoms with E-state index in [0.29, 0.717) is 54.4 Å². The molecule has 0 radical (unpaired) electrons. The number of nitrogens with zero attached hydrogens (tertiary/aromatic N) is 4. The van der Waals surface area contributed by atoms with Crippen LogP contribution in [0.15, 0.2) is 56.5 Å². The number of carbonyl (C=O) groups is 1. The third kappa shape index (κ3) is 5.20. The number of amidine groups is 1. The fourth-order valence-corrected chi connectivity index (χ4v) is 3.68. The molecule has 0 spiro atoms. The summed E-state index contributed by atoms with van der Waals surface area (Å²) < 4.78 is 7.26. The minimum Gasteiger partial charge on any atom is -0.391 e. The molecule has 2 fully saturated rings. The van der Waals surface area contributed by atoms with Crippen molar-refractivity contribution < 1.29 is 14.6 Å². The smallest absolute Gasteiger partial charge is 0.274 e. The lowest BCUT2D eigenvalue weighted by molar-refractivity contribution is -0.120. The predicted octanol–water partition coefficient (Wildman–Crippen LogP) is 0.701. The molecule has 1 unspecified atom stereocenters. The highest BCUT2D eigenvalue weighted by Gasteiger charge is 2.32. The zero-order valence-electron chi connectivity index (χ0n) is 19.5. The molecular formula is C23H31N7O4. The number of aromatic nitrogens is 1. The Balaban J connectivity index is 1.54. The fraction of sp³-hybridized carbons (Fsp3) is 0.478. The van der Waals surface area contributed by atoms with Crippen molar-refractivity contribution in [2.75, 3.05) is 19.0 Å². The van der Waals surface area contributed by atoms with Crippen LogP contribution < -0.4 is 21.5 Å². The van der Waals surface area contributed by atoms with Gasteiger partial charge in [0.1, 0.15) is 17.3 Å². The Bertz CT molecular complexity index is 1100. The maximum absolute atomic E-state index is 12.9. The number of rotatable bonds is 9. The summed E-state index contributed by atoms with van der Waals surface area (Å²) >= 11 is 0. The van der Waals surface area contributed by atoms with Crippen LogP contribution in [0.1, 0.15) is 32.6 Å². The van der Waals surface area contributed by atoms with Gasteiger partial charge in [-0.1, -0.05) is 0 Å². The summed E-state index contributed by atoms with van der Waals surface area (Å²) in [6.45, 7) is 6.18. The minimum absolute atomic E-state index is 0.192. The second-order valence-electron chi connectivity index (χ2n) is 8.53. The molecule has 4 rings (SSSR count). The number of aliphatic imine (C=N–C) groups is 1. The van der Waals surface area contributed by atoms with Gasteiger partial charge in [0.2, 0.25) is 0 Å². The maximum atomic E-state index is 12.9. The Morgan fingerprint density at radius 2 is 2.15 bits per heavy atom. The number of hydrazone groups is 1. The summed E-state index contributed by atoms with van der Waals surface area (Å²) in [5.74, 6) is 0.891. The number of carbonyl (C=O) groups excluding carboxylic acids is 1. The maximum Gasteiger partial charge on any atom is 0.274 e. The van der Waals surface area contributed by atoms with E-state index in [1.807, 2.05) is 0 Å². The highest BCUT2D eigenvalue weighted by Crippen LogP contribution is 2.23. The van der Waals surface area contributed by atoms with E-state index < -0.39 is 6.10 Å². The monoisotopic (exact) mass is 469 g/mol. The Labute approximate surface area is 197 Å². The highest BCUT2D eigenvalue weighted by molar-refractivity contribution is 5.99. The van der Waals surface area contributed by atoms with Crippen molar-refractivity contribution in [2.24, 2.45) is 10.1 Å². The Hall–Kier alpha value is -3.44. The third-order valence-corrected chi connectivity index (χ3v) is 6.08. The van der Waals surface area contributed by atoms with Crippen LogP contribution in [-0.2, 0) is 16.1 Å². The molecule has 1 aromatic rings. The number of aliphatic hydroxyl groups excluding tert-OH is 1.